The first kappa shape index (κ1) is 71.1. The standard InChI is InChI=1S/C69H116O6/c1-4-7-10-13-16-19-22-25-28-31-32-33-34-35-36-39-41-44-47-50-53-56-59-62-68(71)74-65-66(75-69(72)63-60-57-54-51-48-45-42-38-30-27-24-21-18-15-12-9-6-3)64-73-67(70)61-58-55-52-49-46-43-40-37-29-26-23-20-17-14-11-8-5-2/h7,10,16,18-19,21,25-30,32-33,35-36,41,44,66H,4-6,8-9,11-15,17,20,22-24,31,34,37-40,42-43,45-65H2,1-3H3/b10-7-,19-16-,21-18-,28-25-,29-26-,30-27-,33-32-,36-35-,44-41-. The van der Waals surface area contributed by atoms with Crippen LogP contribution >= 0.6 is 0 Å². The molecule has 0 saturated heterocycles. The molecule has 1 unspecified atom stereocenters. The average molecular weight is 1040 g/mol. The second-order valence-electron chi connectivity index (χ2n) is 20.6. The minimum atomic E-state index is -0.798. The van der Waals surface area contributed by atoms with Crippen LogP contribution in [-0.2, 0) is 28.6 Å². The first-order valence-electron chi connectivity index (χ1n) is 31.4. The third kappa shape index (κ3) is 60.8. The van der Waals surface area contributed by atoms with E-state index in [0.29, 0.717) is 19.3 Å². The largest absolute Gasteiger partial charge is 0.462 e. The van der Waals surface area contributed by atoms with Crippen molar-refractivity contribution in [3.8, 4) is 0 Å². The minimum absolute atomic E-state index is 0.0925. The van der Waals surface area contributed by atoms with Crippen LogP contribution in [0.15, 0.2) is 109 Å². The predicted octanol–water partition coefficient (Wildman–Crippen LogP) is 21.4. The number of ether oxygens (including phenoxy) is 3. The Kier molecular flexibility index (Phi) is 59.3. The first-order valence-corrected chi connectivity index (χ1v) is 31.4. The van der Waals surface area contributed by atoms with Gasteiger partial charge in [0.1, 0.15) is 13.2 Å². The number of allylic oxidation sites excluding steroid dienone is 18. The molecule has 428 valence electrons. The van der Waals surface area contributed by atoms with Gasteiger partial charge in [-0.3, -0.25) is 14.4 Å². The van der Waals surface area contributed by atoms with E-state index in [9.17, 15) is 14.4 Å². The van der Waals surface area contributed by atoms with Crippen LogP contribution < -0.4 is 0 Å². The van der Waals surface area contributed by atoms with E-state index in [0.717, 1.165) is 122 Å². The van der Waals surface area contributed by atoms with E-state index in [1.54, 1.807) is 0 Å². The molecule has 0 fully saturated rings. The Hall–Kier alpha value is -3.93. The number of rotatable bonds is 56. The molecule has 0 aromatic carbocycles. The van der Waals surface area contributed by atoms with Gasteiger partial charge in [0.2, 0.25) is 0 Å². The van der Waals surface area contributed by atoms with Crippen LogP contribution in [0.4, 0.5) is 0 Å². The predicted molar refractivity (Wildman–Crippen MR) is 325 cm³/mol. The molecular formula is C69H116O6. The van der Waals surface area contributed by atoms with Crippen LogP contribution in [0.5, 0.6) is 0 Å². The number of carbonyl (C=O) groups is 3. The summed E-state index contributed by atoms with van der Waals surface area (Å²) in [6.45, 7) is 6.48. The second-order valence-corrected chi connectivity index (χ2v) is 20.6. The van der Waals surface area contributed by atoms with E-state index in [-0.39, 0.29) is 31.1 Å². The SMILES string of the molecule is CC/C=C\C/C=C\C/C=C\C/C=C\C/C=C\C/C=C\CCCCCCC(=O)OCC(COC(=O)CCCCCCCCC/C=C\CCCCCCCC)OC(=O)CCCCCCCCC/C=C\C/C=C\CCCCC. The van der Waals surface area contributed by atoms with Crippen LogP contribution in [0.3, 0.4) is 0 Å². The quantitative estimate of drug-likeness (QED) is 0.0261. The van der Waals surface area contributed by atoms with E-state index in [1.165, 1.54) is 128 Å². The summed E-state index contributed by atoms with van der Waals surface area (Å²) < 4.78 is 16.9. The summed E-state index contributed by atoms with van der Waals surface area (Å²) in [6.07, 6.45) is 85.1. The Morgan fingerprint density at radius 3 is 0.853 bits per heavy atom. The molecule has 6 heteroatoms. The fourth-order valence-corrected chi connectivity index (χ4v) is 8.53. The molecule has 0 amide bonds. The van der Waals surface area contributed by atoms with Crippen molar-refractivity contribution in [2.24, 2.45) is 0 Å². The zero-order chi connectivity index (χ0) is 54.3. The van der Waals surface area contributed by atoms with Crippen molar-refractivity contribution in [3.05, 3.63) is 109 Å². The zero-order valence-electron chi connectivity index (χ0n) is 49.0. The molecule has 75 heavy (non-hydrogen) atoms. The summed E-state index contributed by atoms with van der Waals surface area (Å²) in [7, 11) is 0. The summed E-state index contributed by atoms with van der Waals surface area (Å²) in [6, 6.07) is 0. The highest BCUT2D eigenvalue weighted by Gasteiger charge is 2.19. The van der Waals surface area contributed by atoms with Crippen molar-refractivity contribution in [2.75, 3.05) is 13.2 Å². The fraction of sp³-hybridized carbons (Fsp3) is 0.696. The molecule has 0 N–H and O–H groups in total. The highest BCUT2D eigenvalue weighted by molar-refractivity contribution is 5.71. The Bertz CT molecular complexity index is 1520. The molecule has 0 aromatic heterocycles. The third-order valence-electron chi connectivity index (χ3n) is 13.2. The number of hydrogen-bond acceptors (Lipinski definition) is 6. The Morgan fingerprint density at radius 1 is 0.280 bits per heavy atom. The normalized spacial score (nSPS) is 12.8. The van der Waals surface area contributed by atoms with E-state index in [4.69, 9.17) is 14.2 Å². The van der Waals surface area contributed by atoms with Crippen LogP contribution in [0.1, 0.15) is 290 Å². The van der Waals surface area contributed by atoms with Crippen molar-refractivity contribution >= 4 is 17.9 Å². The van der Waals surface area contributed by atoms with Crippen molar-refractivity contribution in [2.45, 2.75) is 297 Å². The van der Waals surface area contributed by atoms with Gasteiger partial charge in [-0.05, 0) is 128 Å². The molecule has 0 rings (SSSR count). The summed E-state index contributed by atoms with van der Waals surface area (Å²) in [5, 5.41) is 0. The Morgan fingerprint density at radius 2 is 0.520 bits per heavy atom. The molecule has 0 aliphatic heterocycles. The minimum Gasteiger partial charge on any atom is -0.462 e. The smallest absolute Gasteiger partial charge is 0.306 e. The number of hydrogen-bond donors (Lipinski definition) is 0. The molecule has 0 aliphatic rings. The van der Waals surface area contributed by atoms with Crippen LogP contribution in [-0.4, -0.2) is 37.2 Å². The van der Waals surface area contributed by atoms with E-state index in [1.807, 2.05) is 0 Å². The topological polar surface area (TPSA) is 78.9 Å². The van der Waals surface area contributed by atoms with E-state index < -0.39 is 6.10 Å². The monoisotopic (exact) mass is 1040 g/mol. The van der Waals surface area contributed by atoms with Crippen LogP contribution in [0, 0.1) is 0 Å². The van der Waals surface area contributed by atoms with Crippen LogP contribution in [0.2, 0.25) is 0 Å². The summed E-state index contributed by atoms with van der Waals surface area (Å²) in [4.78, 5) is 38.3. The van der Waals surface area contributed by atoms with Gasteiger partial charge in [0, 0.05) is 19.3 Å². The fourth-order valence-electron chi connectivity index (χ4n) is 8.53. The molecule has 6 nitrogen and oxygen atoms in total. The highest BCUT2D eigenvalue weighted by Crippen LogP contribution is 2.15. The summed E-state index contributed by atoms with van der Waals surface area (Å²) in [5.41, 5.74) is 0. The van der Waals surface area contributed by atoms with E-state index >= 15 is 0 Å². The van der Waals surface area contributed by atoms with Gasteiger partial charge >= 0.3 is 17.9 Å². The number of carbonyl (C=O) groups excluding carboxylic acids is 3. The summed E-state index contributed by atoms with van der Waals surface area (Å²) >= 11 is 0. The van der Waals surface area contributed by atoms with Gasteiger partial charge < -0.3 is 14.2 Å². The Labute approximate surface area is 463 Å². The summed E-state index contributed by atoms with van der Waals surface area (Å²) in [5.74, 6) is -0.924. The lowest BCUT2D eigenvalue weighted by atomic mass is 10.1. The molecule has 0 saturated carbocycles. The zero-order valence-corrected chi connectivity index (χ0v) is 49.0. The maximum absolute atomic E-state index is 12.9. The molecule has 0 heterocycles. The van der Waals surface area contributed by atoms with Crippen molar-refractivity contribution in [1.82, 2.24) is 0 Å². The maximum atomic E-state index is 12.9. The molecular weight excluding hydrogens is 925 g/mol. The van der Waals surface area contributed by atoms with Crippen LogP contribution in [0.25, 0.3) is 0 Å². The highest BCUT2D eigenvalue weighted by atomic mass is 16.6. The Balaban J connectivity index is 4.45. The van der Waals surface area contributed by atoms with Gasteiger partial charge in [-0.1, -0.05) is 252 Å². The van der Waals surface area contributed by atoms with Gasteiger partial charge in [-0.2, -0.15) is 0 Å². The van der Waals surface area contributed by atoms with Gasteiger partial charge in [0.15, 0.2) is 6.10 Å². The number of esters is 3. The third-order valence-corrected chi connectivity index (χ3v) is 13.2. The average Bonchev–Trinajstić information content (AvgIpc) is 3.41. The molecule has 0 bridgehead atoms. The first-order chi connectivity index (χ1) is 37.0. The number of unbranched alkanes of at least 4 members (excludes halogenated alkanes) is 27. The van der Waals surface area contributed by atoms with E-state index in [2.05, 4.69) is 130 Å². The lowest BCUT2D eigenvalue weighted by molar-refractivity contribution is -0.167. The molecule has 0 aliphatic carbocycles. The molecule has 1 atom stereocenters. The van der Waals surface area contributed by atoms with Crippen molar-refractivity contribution < 1.29 is 28.6 Å². The molecule has 0 spiro atoms. The van der Waals surface area contributed by atoms with Crippen molar-refractivity contribution in [1.29, 1.82) is 0 Å². The lowest BCUT2D eigenvalue weighted by Gasteiger charge is -2.18. The van der Waals surface area contributed by atoms with Gasteiger partial charge in [0.05, 0.1) is 0 Å². The molecule has 0 aromatic rings. The lowest BCUT2D eigenvalue weighted by Crippen LogP contribution is -2.30. The maximum Gasteiger partial charge on any atom is 0.306 e. The van der Waals surface area contributed by atoms with Crippen molar-refractivity contribution in [3.63, 3.8) is 0 Å². The van der Waals surface area contributed by atoms with Gasteiger partial charge in [0.25, 0.3) is 0 Å². The molecule has 0 radical (unpaired) electrons. The van der Waals surface area contributed by atoms with Gasteiger partial charge in [-0.15, -0.1) is 0 Å². The second kappa shape index (κ2) is 62.6. The van der Waals surface area contributed by atoms with Gasteiger partial charge in [-0.25, -0.2) is 0 Å².